The van der Waals surface area contributed by atoms with Crippen LogP contribution in [0.1, 0.15) is 32.6 Å². The maximum absolute atomic E-state index is 11.8. The first-order valence-electron chi connectivity index (χ1n) is 6.39. The maximum Gasteiger partial charge on any atom is 0.411 e. The molecule has 0 radical (unpaired) electrons. The van der Waals surface area contributed by atoms with Crippen molar-refractivity contribution < 1.29 is 9.53 Å². The minimum absolute atomic E-state index is 0.0289. The van der Waals surface area contributed by atoms with Gasteiger partial charge in [0.05, 0.1) is 10.7 Å². The molecule has 0 saturated heterocycles. The number of carbonyl (C=O) groups is 1. The van der Waals surface area contributed by atoms with Crippen molar-refractivity contribution >= 4 is 23.4 Å². The van der Waals surface area contributed by atoms with E-state index in [-0.39, 0.29) is 6.10 Å². The molecule has 0 unspecified atom stereocenters. The van der Waals surface area contributed by atoms with Gasteiger partial charge < -0.3 is 4.74 Å². The van der Waals surface area contributed by atoms with E-state index < -0.39 is 6.09 Å². The van der Waals surface area contributed by atoms with Crippen LogP contribution in [0.5, 0.6) is 0 Å². The molecule has 2 rings (SSSR count). The number of hydrogen-bond donors (Lipinski definition) is 1. The minimum Gasteiger partial charge on any atom is -0.446 e. The van der Waals surface area contributed by atoms with Gasteiger partial charge in [-0.2, -0.15) is 0 Å². The Kier molecular flexibility index (Phi) is 4.48. The summed E-state index contributed by atoms with van der Waals surface area (Å²) in [7, 11) is 0. The van der Waals surface area contributed by atoms with E-state index in [4.69, 9.17) is 16.3 Å². The SMILES string of the molecule is C[C@@H]1CCCC[C@@H]1OC(=O)Nc1ccccc1Cl. The van der Waals surface area contributed by atoms with Crippen molar-refractivity contribution in [3.05, 3.63) is 29.3 Å². The molecule has 0 aliphatic heterocycles. The fraction of sp³-hybridized carbons (Fsp3) is 0.500. The van der Waals surface area contributed by atoms with Crippen LogP contribution in [0.15, 0.2) is 24.3 Å². The van der Waals surface area contributed by atoms with Crippen molar-refractivity contribution in [3.63, 3.8) is 0 Å². The third-order valence-corrected chi connectivity index (χ3v) is 3.73. The Morgan fingerprint density at radius 1 is 1.33 bits per heavy atom. The summed E-state index contributed by atoms with van der Waals surface area (Å²) in [6.07, 6.45) is 4.06. The summed E-state index contributed by atoms with van der Waals surface area (Å²) in [5.41, 5.74) is 0.590. The summed E-state index contributed by atoms with van der Waals surface area (Å²) in [4.78, 5) is 11.8. The van der Waals surface area contributed by atoms with E-state index in [1.54, 1.807) is 12.1 Å². The highest BCUT2D eigenvalue weighted by Crippen LogP contribution is 2.27. The summed E-state index contributed by atoms with van der Waals surface area (Å²) in [5.74, 6) is 0.441. The highest BCUT2D eigenvalue weighted by Gasteiger charge is 2.24. The average molecular weight is 268 g/mol. The van der Waals surface area contributed by atoms with Crippen LogP contribution in [0.2, 0.25) is 5.02 Å². The van der Waals surface area contributed by atoms with Crippen LogP contribution in [-0.4, -0.2) is 12.2 Å². The van der Waals surface area contributed by atoms with Gasteiger partial charge in [-0.1, -0.05) is 37.1 Å². The molecule has 1 aromatic carbocycles. The number of rotatable bonds is 2. The molecule has 2 atom stereocenters. The third kappa shape index (κ3) is 3.39. The van der Waals surface area contributed by atoms with Gasteiger partial charge in [0.2, 0.25) is 0 Å². The topological polar surface area (TPSA) is 38.3 Å². The number of para-hydroxylation sites is 1. The second-order valence-electron chi connectivity index (χ2n) is 4.81. The number of amides is 1. The van der Waals surface area contributed by atoms with Gasteiger partial charge in [-0.25, -0.2) is 4.79 Å². The predicted octanol–water partition coefficient (Wildman–Crippen LogP) is 4.47. The smallest absolute Gasteiger partial charge is 0.411 e. The summed E-state index contributed by atoms with van der Waals surface area (Å²) >= 11 is 5.97. The highest BCUT2D eigenvalue weighted by molar-refractivity contribution is 6.33. The highest BCUT2D eigenvalue weighted by atomic mass is 35.5. The Hall–Kier alpha value is -1.22. The minimum atomic E-state index is -0.415. The zero-order valence-corrected chi connectivity index (χ0v) is 11.2. The second kappa shape index (κ2) is 6.10. The molecule has 3 nitrogen and oxygen atoms in total. The van der Waals surface area contributed by atoms with Crippen molar-refractivity contribution in [2.75, 3.05) is 5.32 Å². The monoisotopic (exact) mass is 267 g/mol. The van der Waals surface area contributed by atoms with E-state index in [9.17, 15) is 4.79 Å². The molecule has 1 aliphatic carbocycles. The van der Waals surface area contributed by atoms with E-state index in [1.165, 1.54) is 6.42 Å². The van der Waals surface area contributed by atoms with Crippen LogP contribution < -0.4 is 5.32 Å². The van der Waals surface area contributed by atoms with Gasteiger partial charge in [-0.15, -0.1) is 0 Å². The van der Waals surface area contributed by atoms with E-state index in [0.29, 0.717) is 16.6 Å². The molecule has 0 heterocycles. The number of ether oxygens (including phenoxy) is 1. The Morgan fingerprint density at radius 3 is 2.78 bits per heavy atom. The molecule has 1 N–H and O–H groups in total. The zero-order chi connectivity index (χ0) is 13.0. The summed E-state index contributed by atoms with van der Waals surface area (Å²) in [5, 5.41) is 3.20. The quantitative estimate of drug-likeness (QED) is 0.859. The van der Waals surface area contributed by atoms with Gasteiger partial charge in [-0.3, -0.25) is 5.32 Å². The van der Waals surface area contributed by atoms with Crippen LogP contribution in [0.25, 0.3) is 0 Å². The lowest BCUT2D eigenvalue weighted by Crippen LogP contribution is -2.30. The largest absolute Gasteiger partial charge is 0.446 e. The molecule has 0 bridgehead atoms. The Bertz CT molecular complexity index is 422. The van der Waals surface area contributed by atoms with Crippen LogP contribution in [0.4, 0.5) is 10.5 Å². The molecule has 4 heteroatoms. The lowest BCUT2D eigenvalue weighted by Gasteiger charge is -2.28. The van der Waals surface area contributed by atoms with Crippen molar-refractivity contribution in [1.82, 2.24) is 0 Å². The average Bonchev–Trinajstić information content (AvgIpc) is 2.35. The molecule has 1 amide bonds. The number of benzene rings is 1. The van der Waals surface area contributed by atoms with Crippen molar-refractivity contribution in [2.45, 2.75) is 38.7 Å². The number of halogens is 1. The number of hydrogen-bond acceptors (Lipinski definition) is 2. The molecule has 0 spiro atoms. The fourth-order valence-corrected chi connectivity index (χ4v) is 2.48. The summed E-state index contributed by atoms with van der Waals surface area (Å²) in [6, 6.07) is 7.14. The van der Waals surface area contributed by atoms with Crippen LogP contribution in [0.3, 0.4) is 0 Å². The number of anilines is 1. The Balaban J connectivity index is 1.90. The van der Waals surface area contributed by atoms with Gasteiger partial charge >= 0.3 is 6.09 Å². The summed E-state index contributed by atoms with van der Waals surface area (Å²) < 4.78 is 5.45. The van der Waals surface area contributed by atoms with E-state index >= 15 is 0 Å². The van der Waals surface area contributed by atoms with Gasteiger partial charge in [0.25, 0.3) is 0 Å². The van der Waals surface area contributed by atoms with Crippen LogP contribution >= 0.6 is 11.6 Å². The molecule has 0 aromatic heterocycles. The molecule has 1 aliphatic rings. The van der Waals surface area contributed by atoms with Crippen LogP contribution in [0, 0.1) is 5.92 Å². The van der Waals surface area contributed by atoms with Crippen molar-refractivity contribution in [3.8, 4) is 0 Å². The standard InChI is InChI=1S/C14H18ClNO2/c1-10-6-2-5-9-13(10)18-14(17)16-12-8-4-3-7-11(12)15/h3-4,7-8,10,13H,2,5-6,9H2,1H3,(H,16,17)/t10-,13+/m1/s1. The van der Waals surface area contributed by atoms with E-state index in [0.717, 1.165) is 19.3 Å². The molecule has 1 fully saturated rings. The van der Waals surface area contributed by atoms with Crippen molar-refractivity contribution in [1.29, 1.82) is 0 Å². The molecule has 98 valence electrons. The third-order valence-electron chi connectivity index (χ3n) is 3.40. The molecular weight excluding hydrogens is 250 g/mol. The molecule has 18 heavy (non-hydrogen) atoms. The normalized spacial score (nSPS) is 23.4. The lowest BCUT2D eigenvalue weighted by molar-refractivity contribution is 0.0524. The van der Waals surface area contributed by atoms with Gasteiger partial charge in [0.15, 0.2) is 0 Å². The number of nitrogens with one attached hydrogen (secondary N) is 1. The maximum atomic E-state index is 11.8. The first-order valence-corrected chi connectivity index (χ1v) is 6.77. The first kappa shape index (κ1) is 13.2. The Morgan fingerprint density at radius 2 is 2.06 bits per heavy atom. The van der Waals surface area contributed by atoms with Crippen molar-refractivity contribution in [2.24, 2.45) is 5.92 Å². The molecule has 1 saturated carbocycles. The van der Waals surface area contributed by atoms with E-state index in [1.807, 2.05) is 12.1 Å². The summed E-state index contributed by atoms with van der Waals surface area (Å²) in [6.45, 7) is 2.13. The fourth-order valence-electron chi connectivity index (χ4n) is 2.30. The first-order chi connectivity index (χ1) is 8.66. The van der Waals surface area contributed by atoms with E-state index in [2.05, 4.69) is 12.2 Å². The molecule has 1 aromatic rings. The van der Waals surface area contributed by atoms with Gasteiger partial charge in [0.1, 0.15) is 6.10 Å². The predicted molar refractivity (Wildman–Crippen MR) is 73.0 cm³/mol. The molecular formula is C14H18ClNO2. The second-order valence-corrected chi connectivity index (χ2v) is 5.22. The van der Waals surface area contributed by atoms with Crippen LogP contribution in [-0.2, 0) is 4.74 Å². The lowest BCUT2D eigenvalue weighted by atomic mass is 9.88. The zero-order valence-electron chi connectivity index (χ0n) is 10.5. The number of carbonyl (C=O) groups excluding carboxylic acids is 1. The van der Waals surface area contributed by atoms with Gasteiger partial charge in [0, 0.05) is 0 Å². The Labute approximate surface area is 112 Å². The van der Waals surface area contributed by atoms with Gasteiger partial charge in [-0.05, 0) is 37.3 Å².